The Bertz CT molecular complexity index is 612. The van der Waals surface area contributed by atoms with Crippen LogP contribution in [0.15, 0.2) is 11.6 Å². The molecule has 2 nitrogen and oxygen atoms in total. The third-order valence-corrected chi connectivity index (χ3v) is 9.29. The summed E-state index contributed by atoms with van der Waals surface area (Å²) in [5.41, 5.74) is 1.32. The summed E-state index contributed by atoms with van der Waals surface area (Å²) in [5, 5.41) is 0. The van der Waals surface area contributed by atoms with Crippen LogP contribution in [0.3, 0.4) is 0 Å². The van der Waals surface area contributed by atoms with Gasteiger partial charge in [0, 0.05) is 16.7 Å². The second kappa shape index (κ2) is 5.27. The molecule has 0 saturated heterocycles. The average molecular weight is 444 g/mol. The Morgan fingerprint density at radius 3 is 2.48 bits per heavy atom. The predicted octanol–water partition coefficient (Wildman–Crippen LogP) is 4.83. The van der Waals surface area contributed by atoms with Gasteiger partial charge in [-0.2, -0.15) is 0 Å². The molecule has 0 amide bonds. The normalized spacial score (nSPS) is 52.5. The van der Waals surface area contributed by atoms with Crippen molar-refractivity contribution < 1.29 is 9.59 Å². The van der Waals surface area contributed by atoms with Crippen LogP contribution in [-0.2, 0) is 9.59 Å². The maximum absolute atomic E-state index is 12.5. The van der Waals surface area contributed by atoms with Crippen molar-refractivity contribution in [2.24, 2.45) is 28.6 Å². The van der Waals surface area contributed by atoms with Crippen molar-refractivity contribution in [3.05, 3.63) is 11.6 Å². The molecule has 0 aromatic carbocycles. The van der Waals surface area contributed by atoms with Gasteiger partial charge in [-0.3, -0.25) is 9.59 Å². The van der Waals surface area contributed by atoms with Crippen molar-refractivity contribution >= 4 is 43.4 Å². The van der Waals surface area contributed by atoms with Gasteiger partial charge in [0.05, 0.1) is 4.83 Å². The molecule has 0 aromatic rings. The van der Waals surface area contributed by atoms with Crippen LogP contribution in [0.2, 0.25) is 0 Å². The summed E-state index contributed by atoms with van der Waals surface area (Å²) in [6.45, 7) is 4.59. The van der Waals surface area contributed by atoms with E-state index < -0.39 is 0 Å². The van der Waals surface area contributed by atoms with Gasteiger partial charge in [-0.05, 0) is 66.9 Å². The molecular formula is C19H24Br2O2. The third-order valence-electron chi connectivity index (χ3n) is 7.65. The smallest absolute Gasteiger partial charge is 0.169 e. The Morgan fingerprint density at radius 2 is 1.74 bits per heavy atom. The van der Waals surface area contributed by atoms with Gasteiger partial charge in [0.15, 0.2) is 5.78 Å². The summed E-state index contributed by atoms with van der Waals surface area (Å²) in [6.07, 6.45) is 7.90. The van der Waals surface area contributed by atoms with Crippen molar-refractivity contribution in [1.29, 1.82) is 0 Å². The molecule has 0 aromatic heterocycles. The zero-order valence-corrected chi connectivity index (χ0v) is 17.0. The number of fused-ring (bicyclic) bond motifs is 5. The van der Waals surface area contributed by atoms with Gasteiger partial charge in [-0.25, -0.2) is 0 Å². The van der Waals surface area contributed by atoms with E-state index in [9.17, 15) is 9.59 Å². The monoisotopic (exact) mass is 442 g/mol. The van der Waals surface area contributed by atoms with Gasteiger partial charge in [0.2, 0.25) is 0 Å². The number of carbonyl (C=O) groups excluding carboxylic acids is 2. The van der Waals surface area contributed by atoms with E-state index in [0.717, 1.165) is 38.5 Å². The fourth-order valence-electron chi connectivity index (χ4n) is 6.36. The van der Waals surface area contributed by atoms with Crippen LogP contribution in [0.4, 0.5) is 0 Å². The maximum atomic E-state index is 12.5. The maximum Gasteiger partial charge on any atom is 0.169 e. The highest BCUT2D eigenvalue weighted by Gasteiger charge is 2.60. The fourth-order valence-corrected chi connectivity index (χ4v) is 8.25. The minimum absolute atomic E-state index is 0.0479. The second-order valence-corrected chi connectivity index (χ2v) is 10.8. The molecule has 4 aliphatic carbocycles. The van der Waals surface area contributed by atoms with Crippen molar-refractivity contribution in [1.82, 2.24) is 0 Å². The molecule has 7 atom stereocenters. The second-order valence-electron chi connectivity index (χ2n) is 8.59. The summed E-state index contributed by atoms with van der Waals surface area (Å²) in [7, 11) is 0. The molecule has 3 saturated carbocycles. The summed E-state index contributed by atoms with van der Waals surface area (Å²) in [5.74, 6) is 2.48. The van der Waals surface area contributed by atoms with Crippen LogP contribution in [0, 0.1) is 28.6 Å². The number of halogens is 2. The van der Waals surface area contributed by atoms with E-state index in [4.69, 9.17) is 0 Å². The van der Waals surface area contributed by atoms with Crippen LogP contribution in [0.1, 0.15) is 52.4 Å². The van der Waals surface area contributed by atoms with E-state index in [0.29, 0.717) is 23.5 Å². The van der Waals surface area contributed by atoms with Crippen molar-refractivity contribution in [2.75, 3.05) is 0 Å². The van der Waals surface area contributed by atoms with Gasteiger partial charge in [-0.15, -0.1) is 0 Å². The quantitative estimate of drug-likeness (QED) is 0.502. The molecule has 23 heavy (non-hydrogen) atoms. The highest BCUT2D eigenvalue weighted by atomic mass is 79.9. The van der Waals surface area contributed by atoms with Crippen LogP contribution < -0.4 is 0 Å². The minimum atomic E-state index is -0.0796. The molecule has 0 bridgehead atoms. The van der Waals surface area contributed by atoms with E-state index in [2.05, 4.69) is 45.7 Å². The predicted molar refractivity (Wildman–Crippen MR) is 97.9 cm³/mol. The molecule has 0 aliphatic heterocycles. The van der Waals surface area contributed by atoms with E-state index in [-0.39, 0.29) is 26.3 Å². The zero-order chi connectivity index (χ0) is 16.6. The zero-order valence-electron chi connectivity index (χ0n) is 13.8. The van der Waals surface area contributed by atoms with E-state index in [1.54, 1.807) is 0 Å². The molecule has 126 valence electrons. The Labute approximate surface area is 155 Å². The Balaban J connectivity index is 1.75. The molecule has 4 aliphatic rings. The van der Waals surface area contributed by atoms with Crippen molar-refractivity contribution in [3.63, 3.8) is 0 Å². The first kappa shape index (κ1) is 16.5. The Morgan fingerprint density at radius 1 is 1.04 bits per heavy atom. The molecule has 0 N–H and O–H groups in total. The lowest BCUT2D eigenvalue weighted by Gasteiger charge is -2.58. The number of Topliss-reactive ketones (excluding diaryl/α,β-unsaturated/α-hetero) is 1. The topological polar surface area (TPSA) is 34.1 Å². The van der Waals surface area contributed by atoms with Gasteiger partial charge < -0.3 is 0 Å². The van der Waals surface area contributed by atoms with Crippen molar-refractivity contribution in [3.8, 4) is 0 Å². The number of hydrogen-bond donors (Lipinski definition) is 0. The molecule has 0 heterocycles. The number of rotatable bonds is 0. The van der Waals surface area contributed by atoms with Gasteiger partial charge in [-0.1, -0.05) is 45.7 Å². The number of carbonyl (C=O) groups is 2. The fraction of sp³-hybridized carbons (Fsp3) is 0.789. The molecule has 0 radical (unpaired) electrons. The lowest BCUT2D eigenvalue weighted by Crippen LogP contribution is -2.54. The highest BCUT2D eigenvalue weighted by molar-refractivity contribution is 9.10. The molecule has 4 heteroatoms. The van der Waals surface area contributed by atoms with Crippen molar-refractivity contribution in [2.45, 2.75) is 62.0 Å². The van der Waals surface area contributed by atoms with Gasteiger partial charge in [0.25, 0.3) is 0 Å². The number of ketones is 2. The van der Waals surface area contributed by atoms with Crippen LogP contribution in [-0.4, -0.2) is 21.2 Å². The van der Waals surface area contributed by atoms with E-state index in [1.165, 1.54) is 5.57 Å². The SMILES string of the molecule is C[C@]12CC(Br)C(=O)C=C1C(Br)C[C@@H]1[C@@H]2CC[C@]2(C)C(=O)CC[C@@H]12. The minimum Gasteiger partial charge on any atom is -0.299 e. The first-order valence-electron chi connectivity index (χ1n) is 8.85. The molecule has 2 unspecified atom stereocenters. The number of allylic oxidation sites excluding steroid dienone is 1. The lowest BCUT2D eigenvalue weighted by molar-refractivity contribution is -0.132. The highest BCUT2D eigenvalue weighted by Crippen LogP contribution is 2.65. The third kappa shape index (κ3) is 2.16. The Hall–Kier alpha value is 0.0400. The van der Waals surface area contributed by atoms with Crippen LogP contribution in [0.25, 0.3) is 0 Å². The van der Waals surface area contributed by atoms with Crippen LogP contribution >= 0.6 is 31.9 Å². The largest absolute Gasteiger partial charge is 0.299 e. The summed E-state index contributed by atoms with van der Waals surface area (Å²) >= 11 is 7.48. The molecular weight excluding hydrogens is 420 g/mol. The van der Waals surface area contributed by atoms with Gasteiger partial charge >= 0.3 is 0 Å². The van der Waals surface area contributed by atoms with E-state index >= 15 is 0 Å². The number of alkyl halides is 2. The molecule has 4 rings (SSSR count). The van der Waals surface area contributed by atoms with E-state index in [1.807, 2.05) is 6.08 Å². The summed E-state index contributed by atoms with van der Waals surface area (Å²) in [4.78, 5) is 24.9. The summed E-state index contributed by atoms with van der Waals surface area (Å²) in [6, 6.07) is 0. The molecule has 0 spiro atoms. The average Bonchev–Trinajstić information content (AvgIpc) is 2.78. The first-order valence-corrected chi connectivity index (χ1v) is 10.7. The summed E-state index contributed by atoms with van der Waals surface area (Å²) < 4.78 is 0. The van der Waals surface area contributed by atoms with Crippen LogP contribution in [0.5, 0.6) is 0 Å². The first-order chi connectivity index (χ1) is 10.8. The Kier molecular flexibility index (Phi) is 3.78. The lowest BCUT2D eigenvalue weighted by atomic mass is 9.47. The molecule has 3 fully saturated rings. The van der Waals surface area contributed by atoms with Gasteiger partial charge in [0.1, 0.15) is 5.78 Å². The standard InChI is InChI=1S/C19H24Br2O2/c1-18-6-5-12-10(11(18)3-4-17(18)23)7-14(20)13-8-16(22)15(21)9-19(12,13)2/h8,10-12,14-15H,3-7,9H2,1-2H3/t10-,11-,12-,14?,15?,18-,19+/m0/s1. The number of hydrogen-bond acceptors (Lipinski definition) is 2.